The molecule has 0 unspecified atom stereocenters. The number of carbonyl (C=O) groups is 1. The zero-order valence-corrected chi connectivity index (χ0v) is 13.6. The maximum Gasteiger partial charge on any atom is 0.185 e. The quantitative estimate of drug-likeness (QED) is 0.797. The molecule has 1 aliphatic heterocycles. The first-order valence-electron chi connectivity index (χ1n) is 7.30. The van der Waals surface area contributed by atoms with Gasteiger partial charge in [-0.25, -0.2) is 0 Å². The summed E-state index contributed by atoms with van der Waals surface area (Å²) in [5.41, 5.74) is -0.274. The third-order valence-electron chi connectivity index (χ3n) is 4.39. The van der Waals surface area contributed by atoms with Crippen molar-refractivity contribution < 1.29 is 9.53 Å². The van der Waals surface area contributed by atoms with Crippen LogP contribution >= 0.6 is 11.8 Å². The monoisotopic (exact) mass is 285 g/mol. The molecule has 0 radical (unpaired) electrons. The van der Waals surface area contributed by atoms with Crippen molar-refractivity contribution in [1.82, 2.24) is 4.90 Å². The fourth-order valence-corrected chi connectivity index (χ4v) is 4.75. The second-order valence-corrected chi connectivity index (χ2v) is 8.67. The number of fused-ring (bicyclic) bond motifs is 1. The van der Waals surface area contributed by atoms with Gasteiger partial charge in [0.05, 0.1) is 12.6 Å². The van der Waals surface area contributed by atoms with E-state index in [0.29, 0.717) is 12.5 Å². The van der Waals surface area contributed by atoms with Gasteiger partial charge < -0.3 is 9.64 Å². The number of rotatable bonds is 3. The molecule has 1 saturated heterocycles. The van der Waals surface area contributed by atoms with Crippen LogP contribution in [0.15, 0.2) is 0 Å². The maximum atomic E-state index is 12.3. The molecule has 0 N–H and O–H groups in total. The van der Waals surface area contributed by atoms with Gasteiger partial charge in [-0.2, -0.15) is 0 Å². The van der Waals surface area contributed by atoms with E-state index in [1.54, 1.807) is 11.8 Å². The summed E-state index contributed by atoms with van der Waals surface area (Å²) in [7, 11) is 3.87. The number of likely N-dealkylation sites (N-methyl/N-ethyl adjacent to an activating group) is 1. The lowest BCUT2D eigenvalue weighted by molar-refractivity contribution is -0.134. The molecule has 0 aromatic heterocycles. The van der Waals surface area contributed by atoms with Crippen LogP contribution in [0.5, 0.6) is 0 Å². The van der Waals surface area contributed by atoms with Crippen molar-refractivity contribution in [3.63, 3.8) is 0 Å². The largest absolute Gasteiger partial charge is 0.356 e. The molecule has 110 valence electrons. The van der Waals surface area contributed by atoms with E-state index in [1.165, 1.54) is 12.8 Å². The number of thioether (sulfide) groups is 1. The third-order valence-corrected chi connectivity index (χ3v) is 5.89. The molecule has 0 aromatic carbocycles. The molecule has 0 spiro atoms. The number of hydrogen-bond acceptors (Lipinski definition) is 4. The Balaban J connectivity index is 2.07. The fourth-order valence-electron chi connectivity index (χ4n) is 3.35. The van der Waals surface area contributed by atoms with Crippen LogP contribution in [0.1, 0.15) is 40.0 Å². The summed E-state index contributed by atoms with van der Waals surface area (Å²) in [5, 5.41) is 0. The Labute approximate surface area is 121 Å². The van der Waals surface area contributed by atoms with E-state index in [4.69, 9.17) is 4.74 Å². The van der Waals surface area contributed by atoms with E-state index in [1.807, 2.05) is 19.0 Å². The highest BCUT2D eigenvalue weighted by Gasteiger charge is 2.47. The Kier molecular flexibility index (Phi) is 4.63. The summed E-state index contributed by atoms with van der Waals surface area (Å²) < 4.78 is 6.29. The highest BCUT2D eigenvalue weighted by atomic mass is 32.2. The van der Waals surface area contributed by atoms with Gasteiger partial charge in [0.15, 0.2) is 11.2 Å². The molecule has 1 heterocycles. The molecule has 2 rings (SSSR count). The lowest BCUT2D eigenvalue weighted by atomic mass is 9.75. The maximum absolute atomic E-state index is 12.3. The van der Waals surface area contributed by atoms with Gasteiger partial charge in [-0.1, -0.05) is 27.2 Å². The number of carbonyl (C=O) groups excluding carboxylic acids is 1. The molecular weight excluding hydrogens is 258 g/mol. The van der Waals surface area contributed by atoms with Crippen molar-refractivity contribution >= 4 is 17.5 Å². The molecular formula is C15H27NO2S. The van der Waals surface area contributed by atoms with Crippen molar-refractivity contribution in [3.8, 4) is 0 Å². The second kappa shape index (κ2) is 5.74. The number of ketones is 1. The van der Waals surface area contributed by atoms with E-state index in [0.717, 1.165) is 12.3 Å². The first-order chi connectivity index (χ1) is 8.79. The van der Waals surface area contributed by atoms with E-state index in [-0.39, 0.29) is 22.1 Å². The van der Waals surface area contributed by atoms with Crippen LogP contribution in [0.3, 0.4) is 0 Å². The molecule has 0 bridgehead atoms. The van der Waals surface area contributed by atoms with Crippen LogP contribution < -0.4 is 0 Å². The highest BCUT2D eigenvalue weighted by Crippen LogP contribution is 2.50. The predicted octanol–water partition coefficient (Wildman–Crippen LogP) is 2.79. The molecule has 4 atom stereocenters. The Morgan fingerprint density at radius 3 is 2.68 bits per heavy atom. The summed E-state index contributed by atoms with van der Waals surface area (Å²) in [4.78, 5) is 14.2. The zero-order valence-electron chi connectivity index (χ0n) is 12.8. The summed E-state index contributed by atoms with van der Waals surface area (Å²) in [6, 6.07) is 0. The number of ether oxygens (including phenoxy) is 1. The lowest BCUT2D eigenvalue weighted by Gasteiger charge is -2.49. The van der Waals surface area contributed by atoms with Crippen molar-refractivity contribution in [2.24, 2.45) is 11.8 Å². The van der Waals surface area contributed by atoms with E-state index in [9.17, 15) is 4.79 Å². The van der Waals surface area contributed by atoms with Gasteiger partial charge in [0.25, 0.3) is 0 Å². The van der Waals surface area contributed by atoms with E-state index >= 15 is 0 Å². The predicted molar refractivity (Wildman–Crippen MR) is 80.4 cm³/mol. The van der Waals surface area contributed by atoms with Gasteiger partial charge in [0.2, 0.25) is 0 Å². The minimum Gasteiger partial charge on any atom is -0.356 e. The van der Waals surface area contributed by atoms with E-state index < -0.39 is 0 Å². The first kappa shape index (κ1) is 15.3. The van der Waals surface area contributed by atoms with Gasteiger partial charge in [-0.3, -0.25) is 4.79 Å². The fraction of sp³-hybridized carbons (Fsp3) is 0.933. The average Bonchev–Trinajstić information content (AvgIpc) is 2.26. The molecule has 19 heavy (non-hydrogen) atoms. The molecule has 0 aromatic rings. The van der Waals surface area contributed by atoms with Gasteiger partial charge >= 0.3 is 0 Å². The normalized spacial score (nSPS) is 38.0. The average molecular weight is 285 g/mol. The van der Waals surface area contributed by atoms with Crippen LogP contribution in [0.25, 0.3) is 0 Å². The topological polar surface area (TPSA) is 29.5 Å². The molecule has 3 nitrogen and oxygen atoms in total. The Morgan fingerprint density at radius 1 is 1.37 bits per heavy atom. The van der Waals surface area contributed by atoms with Crippen LogP contribution in [0.2, 0.25) is 0 Å². The first-order valence-corrected chi connectivity index (χ1v) is 8.18. The molecule has 1 aliphatic carbocycles. The Hall–Kier alpha value is -0.0600. The second-order valence-electron chi connectivity index (χ2n) is 6.96. The minimum atomic E-state index is -0.274. The third kappa shape index (κ3) is 3.53. The standard InChI is InChI=1S/C15H27NO2S/c1-10-6-7-11-13(8-10)18-14(19-15(11,2)3)12(17)9-16(4)5/h10-11,13-14H,6-9H2,1-5H3/t10-,11-,13-,14-/m1/s1. The summed E-state index contributed by atoms with van der Waals surface area (Å²) >= 11 is 1.73. The van der Waals surface area contributed by atoms with Crippen molar-refractivity contribution in [2.75, 3.05) is 20.6 Å². The summed E-state index contributed by atoms with van der Waals surface area (Å²) in [6.07, 6.45) is 3.92. The molecule has 0 amide bonds. The molecule has 4 heteroatoms. The van der Waals surface area contributed by atoms with Gasteiger partial charge in [0, 0.05) is 4.75 Å². The number of Topliss-reactive ketones (excluding diaryl/α,β-unsaturated/α-hetero) is 1. The summed E-state index contributed by atoms with van der Waals surface area (Å²) in [5.74, 6) is 1.53. The van der Waals surface area contributed by atoms with Crippen molar-refractivity contribution in [1.29, 1.82) is 0 Å². The molecule has 2 aliphatic rings. The van der Waals surface area contributed by atoms with Gasteiger partial charge in [-0.05, 0) is 38.8 Å². The molecule has 1 saturated carbocycles. The highest BCUT2D eigenvalue weighted by molar-refractivity contribution is 8.01. The van der Waals surface area contributed by atoms with E-state index in [2.05, 4.69) is 20.8 Å². The smallest absolute Gasteiger partial charge is 0.185 e. The van der Waals surface area contributed by atoms with Crippen molar-refractivity contribution in [2.45, 2.75) is 56.3 Å². The molecule has 2 fully saturated rings. The number of hydrogen-bond donors (Lipinski definition) is 0. The van der Waals surface area contributed by atoms with Gasteiger partial charge in [0.1, 0.15) is 0 Å². The Morgan fingerprint density at radius 2 is 2.05 bits per heavy atom. The van der Waals surface area contributed by atoms with Gasteiger partial charge in [-0.15, -0.1) is 11.8 Å². The van der Waals surface area contributed by atoms with Crippen LogP contribution in [0, 0.1) is 11.8 Å². The van der Waals surface area contributed by atoms with Crippen LogP contribution in [-0.4, -0.2) is 47.6 Å². The minimum absolute atomic E-state index is 0.149. The SMILES string of the molecule is C[C@@H]1CC[C@@H]2[C@@H](C1)O[C@@H](C(=O)CN(C)C)SC2(C)C. The zero-order chi connectivity index (χ0) is 14.2. The van der Waals surface area contributed by atoms with Crippen LogP contribution in [-0.2, 0) is 9.53 Å². The van der Waals surface area contributed by atoms with Crippen molar-refractivity contribution in [3.05, 3.63) is 0 Å². The Bertz CT molecular complexity index is 343. The lowest BCUT2D eigenvalue weighted by Crippen LogP contribution is -2.51. The van der Waals surface area contributed by atoms with Crippen LogP contribution in [0.4, 0.5) is 0 Å². The number of nitrogens with zero attached hydrogens (tertiary/aromatic N) is 1. The summed E-state index contributed by atoms with van der Waals surface area (Å²) in [6.45, 7) is 7.33.